The molecule has 1 aromatic heterocycles. The predicted octanol–water partition coefficient (Wildman–Crippen LogP) is 2.08. The Hall–Kier alpha value is -2.64. The van der Waals surface area contributed by atoms with Crippen molar-refractivity contribution < 1.29 is 9.53 Å². The highest BCUT2D eigenvalue weighted by atomic mass is 16.5. The summed E-state index contributed by atoms with van der Waals surface area (Å²) < 4.78 is 7.02. The number of nitrogens with one attached hydrogen (secondary N) is 1. The predicted molar refractivity (Wildman–Crippen MR) is 112 cm³/mol. The van der Waals surface area contributed by atoms with Gasteiger partial charge in [-0.15, -0.1) is 0 Å². The Bertz CT molecular complexity index is 877. The highest BCUT2D eigenvalue weighted by molar-refractivity contribution is 5.89. The first-order valence-corrected chi connectivity index (χ1v) is 10.3. The fourth-order valence-corrected chi connectivity index (χ4v) is 4.05. The van der Waals surface area contributed by atoms with Gasteiger partial charge in [0.2, 0.25) is 0 Å². The summed E-state index contributed by atoms with van der Waals surface area (Å²) in [7, 11) is 0. The molecule has 7 nitrogen and oxygen atoms in total. The lowest BCUT2D eigenvalue weighted by Crippen LogP contribution is -2.40. The van der Waals surface area contributed by atoms with E-state index in [-0.39, 0.29) is 11.6 Å². The van der Waals surface area contributed by atoms with Crippen molar-refractivity contribution in [3.05, 3.63) is 64.6 Å². The van der Waals surface area contributed by atoms with E-state index < -0.39 is 0 Å². The van der Waals surface area contributed by atoms with E-state index in [9.17, 15) is 9.59 Å². The Labute approximate surface area is 170 Å². The van der Waals surface area contributed by atoms with Gasteiger partial charge in [0.1, 0.15) is 5.69 Å². The summed E-state index contributed by atoms with van der Waals surface area (Å²) in [4.78, 5) is 29.7. The molecule has 2 fully saturated rings. The number of urea groups is 1. The normalized spacial score (nSPS) is 20.0. The van der Waals surface area contributed by atoms with Crippen LogP contribution in [0, 0.1) is 5.92 Å². The van der Waals surface area contributed by atoms with Gasteiger partial charge in [0, 0.05) is 38.9 Å². The van der Waals surface area contributed by atoms with Gasteiger partial charge in [-0.05, 0) is 30.0 Å². The number of amides is 2. The molecule has 1 atom stereocenters. The number of carbonyl (C=O) groups is 1. The summed E-state index contributed by atoms with van der Waals surface area (Å²) in [6.07, 6.45) is 2.75. The lowest BCUT2D eigenvalue weighted by Gasteiger charge is -2.29. The number of pyridine rings is 1. The Balaban J connectivity index is 1.35. The summed E-state index contributed by atoms with van der Waals surface area (Å²) >= 11 is 0. The molecule has 0 bridgehead atoms. The molecule has 2 saturated heterocycles. The number of hydrogen-bond acceptors (Lipinski definition) is 4. The van der Waals surface area contributed by atoms with Crippen molar-refractivity contribution in [2.75, 3.05) is 51.3 Å². The van der Waals surface area contributed by atoms with Gasteiger partial charge < -0.3 is 19.5 Å². The van der Waals surface area contributed by atoms with E-state index in [2.05, 4.69) is 10.2 Å². The van der Waals surface area contributed by atoms with Crippen LogP contribution in [0.2, 0.25) is 0 Å². The molecule has 0 saturated carbocycles. The largest absolute Gasteiger partial charge is 0.379 e. The van der Waals surface area contributed by atoms with Crippen LogP contribution in [0.25, 0.3) is 0 Å². The number of ether oxygens (including phenoxy) is 1. The third-order valence-electron chi connectivity index (χ3n) is 5.65. The van der Waals surface area contributed by atoms with Gasteiger partial charge in [0.15, 0.2) is 0 Å². The second-order valence-corrected chi connectivity index (χ2v) is 7.78. The molecule has 0 unspecified atom stereocenters. The van der Waals surface area contributed by atoms with Gasteiger partial charge >= 0.3 is 6.03 Å². The van der Waals surface area contributed by atoms with Crippen LogP contribution in [0.5, 0.6) is 0 Å². The average Bonchev–Trinajstić information content (AvgIpc) is 3.21. The van der Waals surface area contributed by atoms with E-state index in [0.29, 0.717) is 18.2 Å². The number of morpholine rings is 1. The van der Waals surface area contributed by atoms with Crippen molar-refractivity contribution in [3.8, 4) is 0 Å². The van der Waals surface area contributed by atoms with Gasteiger partial charge in [-0.2, -0.15) is 0 Å². The average molecular weight is 396 g/mol. The van der Waals surface area contributed by atoms with Gasteiger partial charge in [-0.1, -0.05) is 30.3 Å². The number of hydrogen-bond donors (Lipinski definition) is 1. The maximum atomic E-state index is 12.8. The van der Waals surface area contributed by atoms with Crippen LogP contribution in [-0.4, -0.2) is 66.3 Å². The number of carbonyl (C=O) groups excluding carboxylic acids is 1. The quantitative estimate of drug-likeness (QED) is 0.840. The topological polar surface area (TPSA) is 66.8 Å². The van der Waals surface area contributed by atoms with E-state index in [0.717, 1.165) is 57.9 Å². The maximum Gasteiger partial charge on any atom is 0.322 e. The standard InChI is InChI=1S/C22H28N4O3/c27-21-20(7-4-9-25(21)16-18-5-2-1-3-6-18)23-22(28)26-10-8-19(17-26)15-24-11-13-29-14-12-24/h1-7,9,19H,8,10-17H2,(H,23,28)/t19-/m1/s1. The summed E-state index contributed by atoms with van der Waals surface area (Å²) in [6, 6.07) is 13.1. The van der Waals surface area contributed by atoms with Crippen molar-refractivity contribution in [3.63, 3.8) is 0 Å². The van der Waals surface area contributed by atoms with Crippen LogP contribution in [-0.2, 0) is 11.3 Å². The molecule has 2 amide bonds. The molecule has 4 rings (SSSR count). The van der Waals surface area contributed by atoms with Crippen molar-refractivity contribution in [1.82, 2.24) is 14.4 Å². The molecule has 2 aliphatic rings. The number of nitrogens with zero attached hydrogens (tertiary/aromatic N) is 3. The van der Waals surface area contributed by atoms with Crippen LogP contribution >= 0.6 is 0 Å². The molecular formula is C22H28N4O3. The number of anilines is 1. The number of aromatic nitrogens is 1. The van der Waals surface area contributed by atoms with Crippen molar-refractivity contribution in [1.29, 1.82) is 0 Å². The van der Waals surface area contributed by atoms with Crippen LogP contribution in [0.4, 0.5) is 10.5 Å². The van der Waals surface area contributed by atoms with E-state index in [1.807, 2.05) is 35.2 Å². The minimum absolute atomic E-state index is 0.186. The summed E-state index contributed by atoms with van der Waals surface area (Å²) in [6.45, 7) is 6.46. The molecule has 1 aromatic carbocycles. The van der Waals surface area contributed by atoms with Crippen molar-refractivity contribution in [2.45, 2.75) is 13.0 Å². The smallest absolute Gasteiger partial charge is 0.322 e. The second kappa shape index (κ2) is 9.24. The Kier molecular flexibility index (Phi) is 6.27. The zero-order chi connectivity index (χ0) is 20.1. The third kappa shape index (κ3) is 5.05. The van der Waals surface area contributed by atoms with Gasteiger partial charge in [-0.25, -0.2) is 4.79 Å². The molecular weight excluding hydrogens is 368 g/mol. The van der Waals surface area contributed by atoms with Gasteiger partial charge in [0.25, 0.3) is 5.56 Å². The second-order valence-electron chi connectivity index (χ2n) is 7.78. The van der Waals surface area contributed by atoms with E-state index in [1.54, 1.807) is 22.9 Å². The highest BCUT2D eigenvalue weighted by Gasteiger charge is 2.28. The van der Waals surface area contributed by atoms with Crippen LogP contribution in [0.3, 0.4) is 0 Å². The van der Waals surface area contributed by atoms with Crippen LogP contribution in [0.15, 0.2) is 53.5 Å². The lowest BCUT2D eigenvalue weighted by atomic mass is 10.1. The zero-order valence-corrected chi connectivity index (χ0v) is 16.6. The Morgan fingerprint density at radius 3 is 2.66 bits per heavy atom. The third-order valence-corrected chi connectivity index (χ3v) is 5.65. The fourth-order valence-electron chi connectivity index (χ4n) is 4.05. The maximum absolute atomic E-state index is 12.8. The first-order valence-electron chi connectivity index (χ1n) is 10.3. The molecule has 154 valence electrons. The number of benzene rings is 1. The molecule has 2 aromatic rings. The monoisotopic (exact) mass is 396 g/mol. The lowest BCUT2D eigenvalue weighted by molar-refractivity contribution is 0.0314. The number of likely N-dealkylation sites (tertiary alicyclic amines) is 1. The Morgan fingerprint density at radius 2 is 1.86 bits per heavy atom. The van der Waals surface area contributed by atoms with Crippen molar-refractivity contribution >= 4 is 11.7 Å². The highest BCUT2D eigenvalue weighted by Crippen LogP contribution is 2.19. The molecule has 0 spiro atoms. The van der Waals surface area contributed by atoms with E-state index in [4.69, 9.17) is 4.74 Å². The molecule has 7 heteroatoms. The first-order chi connectivity index (χ1) is 14.2. The van der Waals surface area contributed by atoms with Crippen molar-refractivity contribution in [2.24, 2.45) is 5.92 Å². The molecule has 29 heavy (non-hydrogen) atoms. The fraction of sp³-hybridized carbons (Fsp3) is 0.455. The van der Waals surface area contributed by atoms with Gasteiger partial charge in [0.05, 0.1) is 19.8 Å². The molecule has 2 aliphatic heterocycles. The molecule has 0 radical (unpaired) electrons. The minimum atomic E-state index is -0.191. The summed E-state index contributed by atoms with van der Waals surface area (Å²) in [5.74, 6) is 0.476. The summed E-state index contributed by atoms with van der Waals surface area (Å²) in [5, 5.41) is 2.82. The Morgan fingerprint density at radius 1 is 1.07 bits per heavy atom. The first kappa shape index (κ1) is 19.7. The summed E-state index contributed by atoms with van der Waals surface area (Å²) in [5.41, 5.74) is 1.18. The van der Waals surface area contributed by atoms with Gasteiger partial charge in [-0.3, -0.25) is 9.69 Å². The van der Waals surface area contributed by atoms with Crippen LogP contribution < -0.4 is 10.9 Å². The number of rotatable bonds is 5. The van der Waals surface area contributed by atoms with E-state index in [1.165, 1.54) is 0 Å². The molecule has 3 heterocycles. The van der Waals surface area contributed by atoms with E-state index >= 15 is 0 Å². The molecule has 0 aliphatic carbocycles. The zero-order valence-electron chi connectivity index (χ0n) is 16.6. The SMILES string of the molecule is O=C(Nc1cccn(Cc2ccccc2)c1=O)N1CC[C@H](CN2CCOCC2)C1. The molecule has 1 N–H and O–H groups in total. The minimum Gasteiger partial charge on any atom is -0.379 e. The van der Waals surface area contributed by atoms with Crippen LogP contribution in [0.1, 0.15) is 12.0 Å².